The minimum absolute atomic E-state index is 0.0719. The summed E-state index contributed by atoms with van der Waals surface area (Å²) in [6.45, 7) is 5.93. The summed E-state index contributed by atoms with van der Waals surface area (Å²) < 4.78 is 11.4. The van der Waals surface area contributed by atoms with Gasteiger partial charge in [-0.1, -0.05) is 12.8 Å². The number of hydrogen-bond donors (Lipinski definition) is 1. The zero-order valence-electron chi connectivity index (χ0n) is 16.1. The van der Waals surface area contributed by atoms with Crippen LogP contribution in [0, 0.1) is 5.92 Å². The van der Waals surface area contributed by atoms with Crippen molar-refractivity contribution < 1.29 is 14.3 Å². The summed E-state index contributed by atoms with van der Waals surface area (Å²) in [6, 6.07) is 7.61. The van der Waals surface area contributed by atoms with Gasteiger partial charge in [0.15, 0.2) is 0 Å². The predicted molar refractivity (Wildman–Crippen MR) is 104 cm³/mol. The highest BCUT2D eigenvalue weighted by atomic mass is 16.5. The summed E-state index contributed by atoms with van der Waals surface area (Å²) in [5.74, 6) is 1.10. The number of benzene rings is 1. The molecule has 1 N–H and O–H groups in total. The Kier molecular flexibility index (Phi) is 6.54. The Bertz CT molecular complexity index is 577. The van der Waals surface area contributed by atoms with Crippen molar-refractivity contribution in [2.75, 3.05) is 38.7 Å². The van der Waals surface area contributed by atoms with Gasteiger partial charge in [-0.2, -0.15) is 0 Å². The van der Waals surface area contributed by atoms with E-state index in [1.807, 2.05) is 31.2 Å². The number of anilines is 1. The second-order valence-corrected chi connectivity index (χ2v) is 7.67. The van der Waals surface area contributed by atoms with E-state index in [0.717, 1.165) is 30.8 Å². The normalized spacial score (nSPS) is 20.8. The van der Waals surface area contributed by atoms with Crippen LogP contribution in [-0.4, -0.2) is 49.8 Å². The van der Waals surface area contributed by atoms with Crippen LogP contribution in [0.3, 0.4) is 0 Å². The third kappa shape index (κ3) is 4.98. The van der Waals surface area contributed by atoms with Gasteiger partial charge in [0.2, 0.25) is 0 Å². The van der Waals surface area contributed by atoms with Gasteiger partial charge < -0.3 is 14.8 Å². The van der Waals surface area contributed by atoms with Gasteiger partial charge >= 0.3 is 0 Å². The highest BCUT2D eigenvalue weighted by Gasteiger charge is 2.47. The second-order valence-electron chi connectivity index (χ2n) is 7.67. The van der Waals surface area contributed by atoms with Crippen LogP contribution in [0.25, 0.3) is 0 Å². The molecule has 5 nitrogen and oxygen atoms in total. The molecule has 1 aromatic carbocycles. The molecule has 3 rings (SSSR count). The zero-order chi connectivity index (χ0) is 18.4. The lowest BCUT2D eigenvalue weighted by Gasteiger charge is -2.26. The summed E-state index contributed by atoms with van der Waals surface area (Å²) in [4.78, 5) is 15.0. The molecule has 0 spiro atoms. The van der Waals surface area contributed by atoms with E-state index in [1.54, 1.807) is 7.11 Å². The fraction of sp³-hybridized carbons (Fsp3) is 0.667. The molecule has 0 radical (unpaired) electrons. The molecular formula is C21H32N2O3. The maximum Gasteiger partial charge on any atom is 0.256 e. The monoisotopic (exact) mass is 360 g/mol. The molecule has 1 unspecified atom stereocenters. The number of ether oxygens (including phenoxy) is 2. The fourth-order valence-corrected chi connectivity index (χ4v) is 3.62. The first-order valence-electron chi connectivity index (χ1n) is 9.93. The highest BCUT2D eigenvalue weighted by molar-refractivity contribution is 5.97. The summed E-state index contributed by atoms with van der Waals surface area (Å²) >= 11 is 0. The summed E-state index contributed by atoms with van der Waals surface area (Å²) in [5.41, 5.74) is 0.0429. The largest absolute Gasteiger partial charge is 0.492 e. The van der Waals surface area contributed by atoms with Gasteiger partial charge in [-0.25, -0.2) is 0 Å². The van der Waals surface area contributed by atoms with Gasteiger partial charge in [0.1, 0.15) is 18.0 Å². The van der Waals surface area contributed by atoms with E-state index in [1.165, 1.54) is 38.8 Å². The molecule has 1 aliphatic carbocycles. The van der Waals surface area contributed by atoms with Crippen molar-refractivity contribution in [2.24, 2.45) is 5.92 Å². The van der Waals surface area contributed by atoms with E-state index < -0.39 is 5.60 Å². The quantitative estimate of drug-likeness (QED) is 0.768. The lowest BCUT2D eigenvalue weighted by Crippen LogP contribution is -2.44. The highest BCUT2D eigenvalue weighted by Crippen LogP contribution is 2.42. The lowest BCUT2D eigenvalue weighted by atomic mass is 9.99. The first kappa shape index (κ1) is 19.2. The van der Waals surface area contributed by atoms with Crippen LogP contribution in [0.15, 0.2) is 24.3 Å². The molecule has 144 valence electrons. The Hall–Kier alpha value is -1.59. The van der Waals surface area contributed by atoms with Crippen LogP contribution in [0.2, 0.25) is 0 Å². The molecule has 1 saturated carbocycles. The molecule has 0 aromatic heterocycles. The number of rotatable bonds is 8. The molecule has 5 heteroatoms. The van der Waals surface area contributed by atoms with Crippen LogP contribution in [-0.2, 0) is 9.53 Å². The van der Waals surface area contributed by atoms with Crippen molar-refractivity contribution >= 4 is 11.6 Å². The van der Waals surface area contributed by atoms with E-state index >= 15 is 0 Å². The Labute approximate surface area is 157 Å². The predicted octanol–water partition coefficient (Wildman–Crippen LogP) is 3.70. The van der Waals surface area contributed by atoms with E-state index in [2.05, 4.69) is 10.2 Å². The number of amides is 1. The average Bonchev–Trinajstić information content (AvgIpc) is 3.50. The van der Waals surface area contributed by atoms with Gasteiger partial charge in [-0.15, -0.1) is 0 Å². The Morgan fingerprint density at radius 3 is 2.38 bits per heavy atom. The van der Waals surface area contributed by atoms with Crippen molar-refractivity contribution in [1.82, 2.24) is 4.90 Å². The molecule has 1 aromatic rings. The Morgan fingerprint density at radius 2 is 1.81 bits per heavy atom. The van der Waals surface area contributed by atoms with Crippen LogP contribution in [0.1, 0.15) is 45.4 Å². The number of methoxy groups -OCH3 is 1. The minimum Gasteiger partial charge on any atom is -0.492 e. The molecule has 0 bridgehead atoms. The van der Waals surface area contributed by atoms with Gasteiger partial charge in [0.25, 0.3) is 5.91 Å². The summed E-state index contributed by atoms with van der Waals surface area (Å²) in [7, 11) is 1.61. The number of carbonyl (C=O) groups excluding carboxylic acids is 1. The Morgan fingerprint density at radius 1 is 1.15 bits per heavy atom. The van der Waals surface area contributed by atoms with Crippen molar-refractivity contribution in [2.45, 2.75) is 51.0 Å². The topological polar surface area (TPSA) is 50.8 Å². The van der Waals surface area contributed by atoms with Crippen LogP contribution in [0.4, 0.5) is 5.69 Å². The summed E-state index contributed by atoms with van der Waals surface area (Å²) in [6.07, 6.45) is 7.43. The molecular weight excluding hydrogens is 328 g/mol. The zero-order valence-corrected chi connectivity index (χ0v) is 16.1. The molecule has 1 saturated heterocycles. The van der Waals surface area contributed by atoms with Crippen molar-refractivity contribution in [3.05, 3.63) is 24.3 Å². The van der Waals surface area contributed by atoms with E-state index in [-0.39, 0.29) is 5.91 Å². The molecule has 1 amide bonds. The second kappa shape index (κ2) is 8.87. The molecule has 1 aliphatic heterocycles. The third-order valence-electron chi connectivity index (χ3n) is 5.72. The standard InChI is InChI=1S/C21H32N2O3/c1-21(25-2,17-7-8-17)20(24)22-18-9-11-19(12-10-18)26-16-15-23-13-5-3-4-6-14-23/h9-12,17H,3-8,13-16H2,1-2H3,(H,22,24). The number of nitrogens with one attached hydrogen (secondary N) is 1. The fourth-order valence-electron chi connectivity index (χ4n) is 3.62. The van der Waals surface area contributed by atoms with Crippen molar-refractivity contribution in [3.63, 3.8) is 0 Å². The molecule has 1 heterocycles. The number of likely N-dealkylation sites (tertiary alicyclic amines) is 1. The maximum absolute atomic E-state index is 12.5. The van der Waals surface area contributed by atoms with Gasteiger partial charge in [0.05, 0.1) is 0 Å². The van der Waals surface area contributed by atoms with E-state index in [9.17, 15) is 4.79 Å². The molecule has 2 fully saturated rings. The molecule has 2 aliphatic rings. The first-order valence-corrected chi connectivity index (χ1v) is 9.93. The number of nitrogens with zero attached hydrogens (tertiary/aromatic N) is 1. The lowest BCUT2D eigenvalue weighted by molar-refractivity contribution is -0.138. The van der Waals surface area contributed by atoms with E-state index in [0.29, 0.717) is 12.5 Å². The van der Waals surface area contributed by atoms with Crippen LogP contribution >= 0.6 is 0 Å². The van der Waals surface area contributed by atoms with Crippen molar-refractivity contribution in [3.8, 4) is 5.75 Å². The van der Waals surface area contributed by atoms with Gasteiger partial charge in [-0.05, 0) is 75.9 Å². The Balaban J connectivity index is 1.45. The first-order chi connectivity index (χ1) is 12.6. The molecule has 1 atom stereocenters. The third-order valence-corrected chi connectivity index (χ3v) is 5.72. The van der Waals surface area contributed by atoms with Crippen molar-refractivity contribution in [1.29, 1.82) is 0 Å². The molecule has 26 heavy (non-hydrogen) atoms. The number of hydrogen-bond acceptors (Lipinski definition) is 4. The number of carbonyl (C=O) groups is 1. The SMILES string of the molecule is COC(C)(C(=O)Nc1ccc(OCCN2CCCCCC2)cc1)C1CC1. The smallest absolute Gasteiger partial charge is 0.256 e. The minimum atomic E-state index is -0.734. The van der Waals surface area contributed by atoms with Crippen LogP contribution < -0.4 is 10.1 Å². The maximum atomic E-state index is 12.5. The van der Waals surface area contributed by atoms with Crippen LogP contribution in [0.5, 0.6) is 5.75 Å². The van der Waals surface area contributed by atoms with E-state index in [4.69, 9.17) is 9.47 Å². The van der Waals surface area contributed by atoms with Gasteiger partial charge in [0, 0.05) is 19.3 Å². The summed E-state index contributed by atoms with van der Waals surface area (Å²) in [5, 5.41) is 2.97. The van der Waals surface area contributed by atoms with Gasteiger partial charge in [-0.3, -0.25) is 9.69 Å². The average molecular weight is 360 g/mol.